The van der Waals surface area contributed by atoms with Crippen molar-refractivity contribution in [2.75, 3.05) is 6.61 Å². The molecule has 0 aromatic heterocycles. The van der Waals surface area contributed by atoms with Gasteiger partial charge in [0.05, 0.1) is 12.6 Å². The highest BCUT2D eigenvalue weighted by Crippen LogP contribution is 2.59. The highest BCUT2D eigenvalue weighted by molar-refractivity contribution is 8.09. The van der Waals surface area contributed by atoms with E-state index in [2.05, 4.69) is 0 Å². The molecule has 2 aliphatic heterocycles. The van der Waals surface area contributed by atoms with Gasteiger partial charge in [-0.25, -0.2) is 9.46 Å². The molecule has 2 atom stereocenters. The molecule has 1 fully saturated rings. The number of cyclic esters (lactones) is 1. The number of benzene rings is 1. The van der Waals surface area contributed by atoms with Crippen LogP contribution in [0, 0.1) is 5.92 Å². The van der Waals surface area contributed by atoms with Gasteiger partial charge in [-0.05, 0) is 23.8 Å². The molecule has 0 spiro atoms. The van der Waals surface area contributed by atoms with Crippen LogP contribution in [0.25, 0.3) is 0 Å². The molecule has 1 aromatic rings. The first-order valence-corrected chi connectivity index (χ1v) is 9.09. The van der Waals surface area contributed by atoms with Crippen LogP contribution in [-0.2, 0) is 27.7 Å². The van der Waals surface area contributed by atoms with E-state index in [1.165, 1.54) is 4.67 Å². The summed E-state index contributed by atoms with van der Waals surface area (Å²) < 4.78 is 18.3. The van der Waals surface area contributed by atoms with Crippen molar-refractivity contribution in [2.45, 2.75) is 26.5 Å². The molecule has 0 aliphatic carbocycles. The van der Waals surface area contributed by atoms with Gasteiger partial charge in [0.2, 0.25) is 0 Å². The maximum absolute atomic E-state index is 12.0. The Bertz CT molecular complexity index is 591. The highest BCUT2D eigenvalue weighted by Gasteiger charge is 2.48. The fourth-order valence-electron chi connectivity index (χ4n) is 2.31. The molecule has 1 amide bonds. The van der Waals surface area contributed by atoms with Crippen molar-refractivity contribution in [3.8, 4) is 5.75 Å². The van der Waals surface area contributed by atoms with Crippen LogP contribution in [0.15, 0.2) is 24.3 Å². The molecular formula is C13H16NO4PS. The molecule has 0 radical (unpaired) electrons. The minimum Gasteiger partial charge on any atom is -0.447 e. The molecule has 2 aliphatic rings. The molecule has 0 saturated carbocycles. The van der Waals surface area contributed by atoms with Crippen molar-refractivity contribution in [3.63, 3.8) is 0 Å². The van der Waals surface area contributed by atoms with Crippen LogP contribution in [0.2, 0.25) is 0 Å². The summed E-state index contributed by atoms with van der Waals surface area (Å²) in [5.41, 5.74) is 0.946. The summed E-state index contributed by atoms with van der Waals surface area (Å²) >= 11 is 5.55. The average Bonchev–Trinajstić information content (AvgIpc) is 2.81. The van der Waals surface area contributed by atoms with Crippen molar-refractivity contribution < 1.29 is 18.6 Å². The van der Waals surface area contributed by atoms with E-state index in [1.54, 1.807) is 0 Å². The van der Waals surface area contributed by atoms with Gasteiger partial charge in [0.1, 0.15) is 12.4 Å². The minimum atomic E-state index is -2.87. The van der Waals surface area contributed by atoms with Gasteiger partial charge in [-0.15, -0.1) is 0 Å². The standard InChI is InChI=1S/C13H16NO4PS/c1-9(2)11-8-16-13(15)14(11)19(20)17-7-10-5-3-4-6-12(10)18-19/h3-6,9,11H,7-8H2,1-2H3/t11-,19?/m1/s1. The first-order valence-electron chi connectivity index (χ1n) is 6.50. The zero-order valence-electron chi connectivity index (χ0n) is 11.3. The molecule has 108 valence electrons. The predicted molar refractivity (Wildman–Crippen MR) is 78.0 cm³/mol. The quantitative estimate of drug-likeness (QED) is 0.784. The minimum absolute atomic E-state index is 0.0985. The molecule has 3 rings (SSSR count). The van der Waals surface area contributed by atoms with Gasteiger partial charge >= 0.3 is 12.7 Å². The maximum Gasteiger partial charge on any atom is 0.418 e. The van der Waals surface area contributed by atoms with E-state index < -0.39 is 12.7 Å². The van der Waals surface area contributed by atoms with Gasteiger partial charge in [-0.2, -0.15) is 0 Å². The van der Waals surface area contributed by atoms with Gasteiger partial charge in [-0.1, -0.05) is 32.0 Å². The Kier molecular flexibility index (Phi) is 3.48. The Hall–Kier alpha value is -1.10. The lowest BCUT2D eigenvalue weighted by Gasteiger charge is -2.36. The van der Waals surface area contributed by atoms with E-state index in [4.69, 9.17) is 25.6 Å². The number of hydrogen-bond donors (Lipinski definition) is 0. The van der Waals surface area contributed by atoms with Crippen molar-refractivity contribution in [3.05, 3.63) is 29.8 Å². The lowest BCUT2D eigenvalue weighted by atomic mass is 10.1. The number of hydrogen-bond acceptors (Lipinski definition) is 5. The number of amides is 1. The zero-order valence-corrected chi connectivity index (χ0v) is 13.0. The van der Waals surface area contributed by atoms with Crippen molar-refractivity contribution in [1.29, 1.82) is 0 Å². The van der Waals surface area contributed by atoms with Crippen LogP contribution in [0.4, 0.5) is 4.79 Å². The molecule has 5 nitrogen and oxygen atoms in total. The van der Waals surface area contributed by atoms with Gasteiger partial charge in [0.15, 0.2) is 0 Å². The summed E-state index contributed by atoms with van der Waals surface area (Å²) in [5, 5.41) is 0. The van der Waals surface area contributed by atoms with Crippen LogP contribution in [0.3, 0.4) is 0 Å². The monoisotopic (exact) mass is 313 g/mol. The molecule has 20 heavy (non-hydrogen) atoms. The lowest BCUT2D eigenvalue weighted by Crippen LogP contribution is -2.37. The number of carbonyl (C=O) groups is 1. The van der Waals surface area contributed by atoms with E-state index in [0.717, 1.165) is 5.56 Å². The summed E-state index contributed by atoms with van der Waals surface area (Å²) in [4.78, 5) is 12.0. The normalized spacial score (nSPS) is 29.1. The third kappa shape index (κ3) is 2.22. The molecule has 0 N–H and O–H groups in total. The van der Waals surface area contributed by atoms with Crippen LogP contribution in [-0.4, -0.2) is 23.4 Å². The van der Waals surface area contributed by atoms with E-state index in [9.17, 15) is 4.79 Å². The van der Waals surface area contributed by atoms with Crippen LogP contribution in [0.1, 0.15) is 19.4 Å². The molecule has 1 unspecified atom stereocenters. The number of fused-ring (bicyclic) bond motifs is 1. The first kappa shape index (κ1) is 13.9. The molecule has 1 saturated heterocycles. The number of nitrogens with zero attached hydrogens (tertiary/aromatic N) is 1. The number of ether oxygens (including phenoxy) is 1. The van der Waals surface area contributed by atoms with E-state index in [-0.39, 0.29) is 12.0 Å². The third-order valence-electron chi connectivity index (χ3n) is 3.48. The predicted octanol–water partition coefficient (Wildman–Crippen LogP) is 3.30. The summed E-state index contributed by atoms with van der Waals surface area (Å²) in [6.07, 6.45) is -0.439. The maximum atomic E-state index is 12.0. The van der Waals surface area contributed by atoms with Crippen LogP contribution < -0.4 is 4.52 Å². The van der Waals surface area contributed by atoms with Crippen molar-refractivity contribution >= 4 is 24.5 Å². The van der Waals surface area contributed by atoms with Crippen LogP contribution >= 0.6 is 6.64 Å². The second-order valence-electron chi connectivity index (χ2n) is 5.17. The van der Waals surface area contributed by atoms with Gasteiger partial charge in [-0.3, -0.25) is 4.52 Å². The smallest absolute Gasteiger partial charge is 0.418 e. The summed E-state index contributed by atoms with van der Waals surface area (Å²) in [6.45, 7) is 1.89. The average molecular weight is 313 g/mol. The fraction of sp³-hybridized carbons (Fsp3) is 0.462. The number of carbonyl (C=O) groups excluding carboxylic acids is 1. The third-order valence-corrected chi connectivity index (χ3v) is 6.42. The van der Waals surface area contributed by atoms with Gasteiger partial charge in [0.25, 0.3) is 0 Å². The Morgan fingerprint density at radius 2 is 2.15 bits per heavy atom. The zero-order chi connectivity index (χ0) is 14.3. The van der Waals surface area contributed by atoms with Gasteiger partial charge in [0, 0.05) is 5.56 Å². The Balaban J connectivity index is 1.94. The number of para-hydroxylation sites is 1. The number of rotatable bonds is 2. The van der Waals surface area contributed by atoms with Gasteiger partial charge < -0.3 is 9.26 Å². The van der Waals surface area contributed by atoms with Crippen molar-refractivity contribution in [2.24, 2.45) is 5.92 Å². The summed E-state index contributed by atoms with van der Waals surface area (Å²) in [6, 6.07) is 7.48. The van der Waals surface area contributed by atoms with Crippen molar-refractivity contribution in [1.82, 2.24) is 4.67 Å². The summed E-state index contributed by atoms with van der Waals surface area (Å²) in [7, 11) is 0. The molecular weight excluding hydrogens is 297 g/mol. The fourth-order valence-corrected chi connectivity index (χ4v) is 5.22. The second kappa shape index (κ2) is 5.02. The van der Waals surface area contributed by atoms with E-state index >= 15 is 0 Å². The molecule has 2 heterocycles. The topological polar surface area (TPSA) is 48.0 Å². The first-order chi connectivity index (χ1) is 9.51. The SMILES string of the molecule is CC(C)[C@H]1COC(=O)N1P1(=S)OCc2ccccc2O1. The van der Waals surface area contributed by atoms with Crippen LogP contribution in [0.5, 0.6) is 5.75 Å². The summed E-state index contributed by atoms with van der Waals surface area (Å²) in [5.74, 6) is 0.926. The van der Waals surface area contributed by atoms with E-state index in [1.807, 2.05) is 38.1 Å². The van der Waals surface area contributed by atoms with E-state index in [0.29, 0.717) is 19.0 Å². The molecule has 1 aromatic carbocycles. The highest BCUT2D eigenvalue weighted by atomic mass is 32.5. The largest absolute Gasteiger partial charge is 0.447 e. The molecule has 0 bridgehead atoms. The lowest BCUT2D eigenvalue weighted by molar-refractivity contribution is 0.163. The second-order valence-corrected chi connectivity index (χ2v) is 8.37. The Morgan fingerprint density at radius 1 is 1.40 bits per heavy atom. The Labute approximate surface area is 123 Å². The Morgan fingerprint density at radius 3 is 2.90 bits per heavy atom. The molecule has 7 heteroatoms.